The summed E-state index contributed by atoms with van der Waals surface area (Å²) < 4.78 is 0. The highest BCUT2D eigenvalue weighted by Gasteiger charge is 2.18. The Morgan fingerprint density at radius 1 is 1.20 bits per heavy atom. The van der Waals surface area contributed by atoms with Crippen molar-refractivity contribution in [3.8, 4) is 5.75 Å². The number of nitrogens with zero attached hydrogens (tertiary/aromatic N) is 1. The largest absolute Gasteiger partial charge is 0.508 e. The molecule has 4 heteroatoms. The summed E-state index contributed by atoms with van der Waals surface area (Å²) in [6, 6.07) is 12.1. The monoisotopic (exact) mass is 270 g/mol. The predicted molar refractivity (Wildman–Crippen MR) is 81.0 cm³/mol. The van der Waals surface area contributed by atoms with E-state index >= 15 is 0 Å². The molecule has 0 spiro atoms. The lowest BCUT2D eigenvalue weighted by Gasteiger charge is -2.22. The molecule has 0 atom stereocenters. The highest BCUT2D eigenvalue weighted by Crippen LogP contribution is 2.23. The quantitative estimate of drug-likeness (QED) is 0.665. The molecule has 0 aromatic heterocycles. The number of phenols is 1. The van der Waals surface area contributed by atoms with Gasteiger partial charge in [0.1, 0.15) is 5.75 Å². The lowest BCUT2D eigenvalue weighted by Crippen LogP contribution is -2.31. The Bertz CT molecular complexity index is 621. The third-order valence-corrected chi connectivity index (χ3v) is 3.17. The lowest BCUT2D eigenvalue weighted by molar-refractivity contribution is 0.0989. The Morgan fingerprint density at radius 2 is 1.85 bits per heavy atom. The average molecular weight is 270 g/mol. The molecule has 1 amide bonds. The van der Waals surface area contributed by atoms with E-state index in [1.807, 2.05) is 38.1 Å². The number of rotatable bonds is 3. The van der Waals surface area contributed by atoms with E-state index in [0.29, 0.717) is 17.8 Å². The van der Waals surface area contributed by atoms with E-state index in [1.54, 1.807) is 4.90 Å². The number of hydrogen-bond acceptors (Lipinski definition) is 3. The zero-order valence-electron chi connectivity index (χ0n) is 11.6. The fraction of sp³-hybridized carbons (Fsp3) is 0.188. The Kier molecular flexibility index (Phi) is 3.94. The van der Waals surface area contributed by atoms with Crippen molar-refractivity contribution < 1.29 is 9.90 Å². The number of phenolic OH excluding ortho intramolecular Hbond substituents is 1. The predicted octanol–water partition coefficient (Wildman–Crippen LogP) is 2.95. The molecule has 2 rings (SSSR count). The number of benzene rings is 2. The van der Waals surface area contributed by atoms with Crippen LogP contribution in [0.1, 0.15) is 22.8 Å². The highest BCUT2D eigenvalue weighted by molar-refractivity contribution is 6.09. The minimum Gasteiger partial charge on any atom is -0.508 e. The van der Waals surface area contributed by atoms with E-state index in [1.165, 1.54) is 18.2 Å². The Balaban J connectivity index is 2.38. The van der Waals surface area contributed by atoms with Crippen LogP contribution in [-0.2, 0) is 0 Å². The summed E-state index contributed by atoms with van der Waals surface area (Å²) in [4.78, 5) is 14.2. The first-order valence-electron chi connectivity index (χ1n) is 6.50. The molecule has 0 heterocycles. The van der Waals surface area contributed by atoms with Crippen LogP contribution in [0.4, 0.5) is 11.4 Å². The van der Waals surface area contributed by atoms with Gasteiger partial charge in [-0.05, 0) is 44.2 Å². The van der Waals surface area contributed by atoms with Gasteiger partial charge in [-0.3, -0.25) is 4.79 Å². The van der Waals surface area contributed by atoms with Crippen molar-refractivity contribution in [1.29, 1.82) is 0 Å². The molecule has 0 radical (unpaired) electrons. The van der Waals surface area contributed by atoms with Crippen molar-refractivity contribution in [3.05, 3.63) is 53.6 Å². The van der Waals surface area contributed by atoms with Crippen LogP contribution in [0.5, 0.6) is 5.75 Å². The minimum absolute atomic E-state index is 0.0301. The summed E-state index contributed by atoms with van der Waals surface area (Å²) >= 11 is 0. The molecule has 4 nitrogen and oxygen atoms in total. The first kappa shape index (κ1) is 13.9. The summed E-state index contributed by atoms with van der Waals surface area (Å²) in [7, 11) is 0. The molecule has 2 aromatic rings. The van der Waals surface area contributed by atoms with Crippen molar-refractivity contribution in [3.63, 3.8) is 0 Å². The van der Waals surface area contributed by atoms with Crippen molar-refractivity contribution in [2.24, 2.45) is 0 Å². The number of carbonyl (C=O) groups excluding carboxylic acids is 1. The number of anilines is 2. The molecule has 0 bridgehead atoms. The number of aromatic hydroxyl groups is 1. The van der Waals surface area contributed by atoms with Gasteiger partial charge in [-0.1, -0.05) is 17.7 Å². The maximum absolute atomic E-state index is 12.6. The second-order valence-electron chi connectivity index (χ2n) is 4.66. The molecule has 104 valence electrons. The van der Waals surface area contributed by atoms with Crippen LogP contribution in [0.15, 0.2) is 42.5 Å². The normalized spacial score (nSPS) is 10.3. The van der Waals surface area contributed by atoms with Gasteiger partial charge in [-0.15, -0.1) is 0 Å². The van der Waals surface area contributed by atoms with Crippen LogP contribution < -0.4 is 10.6 Å². The SMILES string of the molecule is CCN(C(=O)c1cc(O)ccc1N)c1ccc(C)cc1. The molecule has 2 aromatic carbocycles. The molecule has 20 heavy (non-hydrogen) atoms. The van der Waals surface area contributed by atoms with E-state index in [-0.39, 0.29) is 11.7 Å². The molecule has 0 saturated carbocycles. The fourth-order valence-corrected chi connectivity index (χ4v) is 2.04. The topological polar surface area (TPSA) is 66.6 Å². The molecule has 0 fully saturated rings. The van der Waals surface area contributed by atoms with E-state index in [0.717, 1.165) is 11.3 Å². The first-order chi connectivity index (χ1) is 9.52. The standard InChI is InChI=1S/C16H18N2O2/c1-3-18(12-6-4-11(2)5-7-12)16(20)14-10-13(19)8-9-15(14)17/h4-10,19H,3,17H2,1-2H3. The van der Waals surface area contributed by atoms with Gasteiger partial charge in [0, 0.05) is 17.9 Å². The first-order valence-corrected chi connectivity index (χ1v) is 6.50. The highest BCUT2D eigenvalue weighted by atomic mass is 16.3. The molecule has 0 aliphatic rings. The van der Waals surface area contributed by atoms with E-state index in [9.17, 15) is 9.90 Å². The van der Waals surface area contributed by atoms with Gasteiger partial charge in [-0.2, -0.15) is 0 Å². The molecule has 0 aliphatic carbocycles. The van der Waals surface area contributed by atoms with Gasteiger partial charge in [0.15, 0.2) is 0 Å². The van der Waals surface area contributed by atoms with Crippen LogP contribution in [0.2, 0.25) is 0 Å². The van der Waals surface area contributed by atoms with Crippen molar-refractivity contribution >= 4 is 17.3 Å². The molecular formula is C16H18N2O2. The minimum atomic E-state index is -0.218. The molecular weight excluding hydrogens is 252 g/mol. The number of hydrogen-bond donors (Lipinski definition) is 2. The van der Waals surface area contributed by atoms with Gasteiger partial charge in [0.2, 0.25) is 0 Å². The number of nitrogens with two attached hydrogens (primary N) is 1. The maximum atomic E-state index is 12.6. The number of aryl methyl sites for hydroxylation is 1. The van der Waals surface area contributed by atoms with Crippen LogP contribution >= 0.6 is 0 Å². The van der Waals surface area contributed by atoms with Gasteiger partial charge < -0.3 is 15.7 Å². The summed E-state index contributed by atoms with van der Waals surface area (Å²) in [5.74, 6) is -0.188. The smallest absolute Gasteiger partial charge is 0.260 e. The molecule has 3 N–H and O–H groups in total. The summed E-state index contributed by atoms with van der Waals surface area (Å²) in [6.07, 6.45) is 0. The van der Waals surface area contributed by atoms with Crippen LogP contribution in [0.3, 0.4) is 0 Å². The Hall–Kier alpha value is -2.49. The van der Waals surface area contributed by atoms with Crippen LogP contribution in [0.25, 0.3) is 0 Å². The second-order valence-corrected chi connectivity index (χ2v) is 4.66. The summed E-state index contributed by atoms with van der Waals surface area (Å²) in [5.41, 5.74) is 8.44. The van der Waals surface area contributed by atoms with Crippen LogP contribution in [0, 0.1) is 6.92 Å². The third-order valence-electron chi connectivity index (χ3n) is 3.17. The van der Waals surface area contributed by atoms with Crippen molar-refractivity contribution in [2.75, 3.05) is 17.2 Å². The Labute approximate surface area is 118 Å². The fourth-order valence-electron chi connectivity index (χ4n) is 2.04. The average Bonchev–Trinajstić information content (AvgIpc) is 2.44. The van der Waals surface area contributed by atoms with E-state index in [4.69, 9.17) is 5.73 Å². The maximum Gasteiger partial charge on any atom is 0.260 e. The zero-order chi connectivity index (χ0) is 14.7. The molecule has 0 unspecified atom stereocenters. The molecule has 0 aliphatic heterocycles. The molecule has 0 saturated heterocycles. The Morgan fingerprint density at radius 3 is 2.45 bits per heavy atom. The third kappa shape index (κ3) is 2.74. The lowest BCUT2D eigenvalue weighted by atomic mass is 10.1. The van der Waals surface area contributed by atoms with Gasteiger partial charge in [0.25, 0.3) is 5.91 Å². The van der Waals surface area contributed by atoms with Gasteiger partial charge in [-0.25, -0.2) is 0 Å². The summed E-state index contributed by atoms with van der Waals surface area (Å²) in [6.45, 7) is 4.42. The van der Waals surface area contributed by atoms with Crippen molar-refractivity contribution in [2.45, 2.75) is 13.8 Å². The van der Waals surface area contributed by atoms with Gasteiger partial charge >= 0.3 is 0 Å². The zero-order valence-corrected chi connectivity index (χ0v) is 11.6. The number of nitrogen functional groups attached to an aromatic ring is 1. The van der Waals surface area contributed by atoms with Crippen molar-refractivity contribution in [1.82, 2.24) is 0 Å². The van der Waals surface area contributed by atoms with Gasteiger partial charge in [0.05, 0.1) is 5.56 Å². The van der Waals surface area contributed by atoms with Crippen LogP contribution in [-0.4, -0.2) is 17.6 Å². The second kappa shape index (κ2) is 5.65. The van der Waals surface area contributed by atoms with E-state index in [2.05, 4.69) is 0 Å². The van der Waals surface area contributed by atoms with E-state index < -0.39 is 0 Å². The number of amides is 1. The number of carbonyl (C=O) groups is 1. The summed E-state index contributed by atoms with van der Waals surface area (Å²) in [5, 5.41) is 9.52.